The molecular weight excluding hydrogens is 214 g/mol. The van der Waals surface area contributed by atoms with Gasteiger partial charge >= 0.3 is 0 Å². The Bertz CT molecular complexity index is 539. The second kappa shape index (κ2) is 4.45. The molecule has 0 aromatic heterocycles. The maximum atomic E-state index is 11.9. The van der Waals surface area contributed by atoms with E-state index in [1.165, 1.54) is 0 Å². The monoisotopic (exact) mass is 227 g/mol. The molecule has 1 aliphatic rings. The lowest BCUT2D eigenvalue weighted by Crippen LogP contribution is -2.26. The van der Waals surface area contributed by atoms with Crippen LogP contribution in [0.1, 0.15) is 20.3 Å². The number of nitrogens with zero attached hydrogens (tertiary/aromatic N) is 1. The molecule has 0 spiro atoms. The SMILES string of the molecule is CC1=C(C)C(=O)C(=Nc2ccccc2)CC1=O. The summed E-state index contributed by atoms with van der Waals surface area (Å²) in [5.41, 5.74) is 2.11. The third-order valence-electron chi connectivity index (χ3n) is 2.93. The van der Waals surface area contributed by atoms with E-state index in [1.54, 1.807) is 13.8 Å². The fourth-order valence-corrected chi connectivity index (χ4v) is 1.71. The van der Waals surface area contributed by atoms with Gasteiger partial charge in [0.1, 0.15) is 0 Å². The van der Waals surface area contributed by atoms with Gasteiger partial charge in [0, 0.05) is 5.57 Å². The topological polar surface area (TPSA) is 46.5 Å². The van der Waals surface area contributed by atoms with Crippen LogP contribution in [0.2, 0.25) is 0 Å². The molecule has 0 aliphatic heterocycles. The summed E-state index contributed by atoms with van der Waals surface area (Å²) >= 11 is 0. The number of hydrogen-bond donors (Lipinski definition) is 0. The summed E-state index contributed by atoms with van der Waals surface area (Å²) in [7, 11) is 0. The van der Waals surface area contributed by atoms with Crippen LogP contribution in [0.15, 0.2) is 46.5 Å². The summed E-state index contributed by atoms with van der Waals surface area (Å²) in [4.78, 5) is 27.9. The molecule has 0 radical (unpaired) electrons. The van der Waals surface area contributed by atoms with Crippen LogP contribution < -0.4 is 0 Å². The fourth-order valence-electron chi connectivity index (χ4n) is 1.71. The van der Waals surface area contributed by atoms with Gasteiger partial charge in [0.25, 0.3) is 0 Å². The molecule has 0 bridgehead atoms. The van der Waals surface area contributed by atoms with Gasteiger partial charge in [-0.05, 0) is 31.6 Å². The predicted octanol–water partition coefficient (Wildman–Crippen LogP) is 2.64. The van der Waals surface area contributed by atoms with Gasteiger partial charge < -0.3 is 0 Å². The summed E-state index contributed by atoms with van der Waals surface area (Å²) in [5.74, 6) is -0.136. The van der Waals surface area contributed by atoms with Crippen LogP contribution in [0.25, 0.3) is 0 Å². The minimum Gasteiger partial charge on any atom is -0.294 e. The standard InChI is InChI=1S/C14H13NO2/c1-9-10(2)14(17)12(8-13(9)16)15-11-6-4-3-5-7-11/h3-7H,8H2,1-2H3. The molecular formula is C14H13NO2. The normalized spacial score (nSPS) is 19.1. The van der Waals surface area contributed by atoms with Gasteiger partial charge in [0.15, 0.2) is 5.78 Å². The molecule has 17 heavy (non-hydrogen) atoms. The number of carbonyl (C=O) groups is 2. The fraction of sp³-hybridized carbons (Fsp3) is 0.214. The highest BCUT2D eigenvalue weighted by molar-refractivity contribution is 6.52. The molecule has 86 valence electrons. The predicted molar refractivity (Wildman–Crippen MR) is 66.5 cm³/mol. The van der Waals surface area contributed by atoms with Crippen molar-refractivity contribution in [2.75, 3.05) is 0 Å². The van der Waals surface area contributed by atoms with Crippen molar-refractivity contribution in [2.24, 2.45) is 4.99 Å². The summed E-state index contributed by atoms with van der Waals surface area (Å²) in [5, 5.41) is 0. The highest BCUT2D eigenvalue weighted by Crippen LogP contribution is 2.20. The minimum atomic E-state index is -0.119. The van der Waals surface area contributed by atoms with Crippen LogP contribution in [-0.4, -0.2) is 17.3 Å². The highest BCUT2D eigenvalue weighted by Gasteiger charge is 2.26. The second-order valence-electron chi connectivity index (χ2n) is 4.07. The van der Waals surface area contributed by atoms with Crippen LogP contribution in [0.3, 0.4) is 0 Å². The van der Waals surface area contributed by atoms with Crippen LogP contribution in [0, 0.1) is 0 Å². The number of para-hydroxylation sites is 1. The molecule has 1 aliphatic carbocycles. The zero-order valence-electron chi connectivity index (χ0n) is 9.86. The van der Waals surface area contributed by atoms with Gasteiger partial charge in [-0.1, -0.05) is 18.2 Å². The van der Waals surface area contributed by atoms with Gasteiger partial charge in [-0.3, -0.25) is 9.59 Å². The largest absolute Gasteiger partial charge is 0.294 e. The highest BCUT2D eigenvalue weighted by atomic mass is 16.1. The van der Waals surface area contributed by atoms with Crippen molar-refractivity contribution in [3.05, 3.63) is 41.5 Å². The smallest absolute Gasteiger partial charge is 0.203 e. The number of carbonyl (C=O) groups excluding carboxylic acids is 2. The first kappa shape index (κ1) is 11.5. The number of hydrogen-bond acceptors (Lipinski definition) is 3. The lowest BCUT2D eigenvalue weighted by atomic mass is 9.90. The van der Waals surface area contributed by atoms with Gasteiger partial charge in [-0.2, -0.15) is 0 Å². The lowest BCUT2D eigenvalue weighted by Gasteiger charge is -2.14. The average molecular weight is 227 g/mol. The van der Waals surface area contributed by atoms with Gasteiger partial charge in [0.2, 0.25) is 5.78 Å². The van der Waals surface area contributed by atoms with Crippen LogP contribution in [0.5, 0.6) is 0 Å². The number of aliphatic imine (C=N–C) groups is 1. The summed E-state index contributed by atoms with van der Waals surface area (Å²) in [6.07, 6.45) is 0.108. The van der Waals surface area contributed by atoms with E-state index < -0.39 is 0 Å². The Kier molecular flexibility index (Phi) is 3.00. The van der Waals surface area contributed by atoms with E-state index in [0.717, 1.165) is 0 Å². The molecule has 3 nitrogen and oxygen atoms in total. The molecule has 0 saturated heterocycles. The number of Topliss-reactive ketones (excluding diaryl/α,β-unsaturated/α-hetero) is 2. The second-order valence-corrected chi connectivity index (χ2v) is 4.07. The van der Waals surface area contributed by atoms with Crippen LogP contribution in [0.4, 0.5) is 5.69 Å². The molecule has 0 atom stereocenters. The van der Waals surface area contributed by atoms with Crippen molar-refractivity contribution < 1.29 is 9.59 Å². The van der Waals surface area contributed by atoms with Gasteiger partial charge in [0.05, 0.1) is 17.8 Å². The maximum Gasteiger partial charge on any atom is 0.203 e. The Balaban J connectivity index is 2.40. The van der Waals surface area contributed by atoms with E-state index in [-0.39, 0.29) is 18.0 Å². The van der Waals surface area contributed by atoms with Crippen LogP contribution >= 0.6 is 0 Å². The molecule has 0 fully saturated rings. The van der Waals surface area contributed by atoms with E-state index in [1.807, 2.05) is 30.3 Å². The first-order chi connectivity index (χ1) is 8.09. The van der Waals surface area contributed by atoms with Crippen molar-refractivity contribution in [3.63, 3.8) is 0 Å². The molecule has 0 amide bonds. The van der Waals surface area contributed by atoms with E-state index in [2.05, 4.69) is 4.99 Å². The molecule has 3 heteroatoms. The maximum absolute atomic E-state index is 11.9. The van der Waals surface area contributed by atoms with Crippen molar-refractivity contribution in [1.82, 2.24) is 0 Å². The van der Waals surface area contributed by atoms with E-state index in [4.69, 9.17) is 0 Å². The number of rotatable bonds is 1. The van der Waals surface area contributed by atoms with Crippen molar-refractivity contribution in [2.45, 2.75) is 20.3 Å². The van der Waals surface area contributed by atoms with E-state index in [0.29, 0.717) is 22.5 Å². The van der Waals surface area contributed by atoms with E-state index >= 15 is 0 Å². The van der Waals surface area contributed by atoms with Gasteiger partial charge in [-0.25, -0.2) is 4.99 Å². The Morgan fingerprint density at radius 1 is 1.00 bits per heavy atom. The number of ketones is 2. The molecule has 0 heterocycles. The molecule has 1 aromatic rings. The third kappa shape index (κ3) is 2.23. The first-order valence-electron chi connectivity index (χ1n) is 5.47. The van der Waals surface area contributed by atoms with Crippen molar-refractivity contribution >= 4 is 23.0 Å². The Morgan fingerprint density at radius 3 is 2.29 bits per heavy atom. The Hall–Kier alpha value is -2.03. The third-order valence-corrected chi connectivity index (χ3v) is 2.93. The van der Waals surface area contributed by atoms with Crippen LogP contribution in [-0.2, 0) is 9.59 Å². The molecule has 1 aromatic carbocycles. The summed E-state index contributed by atoms with van der Waals surface area (Å²) in [6, 6.07) is 9.20. The van der Waals surface area contributed by atoms with Gasteiger partial charge in [-0.15, -0.1) is 0 Å². The average Bonchev–Trinajstić information content (AvgIpc) is 2.35. The lowest BCUT2D eigenvalue weighted by molar-refractivity contribution is -0.117. The molecule has 0 saturated carbocycles. The first-order valence-corrected chi connectivity index (χ1v) is 5.47. The quantitative estimate of drug-likeness (QED) is 0.740. The van der Waals surface area contributed by atoms with Crippen molar-refractivity contribution in [3.8, 4) is 0 Å². The Labute approximate surface area is 99.9 Å². The van der Waals surface area contributed by atoms with Crippen molar-refractivity contribution in [1.29, 1.82) is 0 Å². The zero-order chi connectivity index (χ0) is 12.4. The molecule has 0 unspecified atom stereocenters. The number of allylic oxidation sites excluding steroid dienone is 2. The zero-order valence-corrected chi connectivity index (χ0v) is 9.86. The summed E-state index contributed by atoms with van der Waals surface area (Å²) in [6.45, 7) is 3.37. The summed E-state index contributed by atoms with van der Waals surface area (Å²) < 4.78 is 0. The van der Waals surface area contributed by atoms with E-state index in [9.17, 15) is 9.59 Å². The number of benzene rings is 1. The molecule has 0 N–H and O–H groups in total. The minimum absolute atomic E-state index is 0.0169. The Morgan fingerprint density at radius 2 is 1.65 bits per heavy atom. The molecule has 2 rings (SSSR count).